The number of rotatable bonds is 6. The number of amides is 1. The lowest BCUT2D eigenvalue weighted by Gasteiger charge is -2.26. The summed E-state index contributed by atoms with van der Waals surface area (Å²) in [5.74, 6) is 0. The maximum Gasteiger partial charge on any atom is 0.407 e. The highest BCUT2D eigenvalue weighted by Gasteiger charge is 2.23. The van der Waals surface area contributed by atoms with E-state index in [1.807, 2.05) is 34.6 Å². The Morgan fingerprint density at radius 3 is 2.18 bits per heavy atom. The molecule has 1 amide bonds. The van der Waals surface area contributed by atoms with Gasteiger partial charge in [-0.05, 0) is 33.6 Å². The summed E-state index contributed by atoms with van der Waals surface area (Å²) in [5, 5.41) is 12.7. The molecule has 2 N–H and O–H groups in total. The van der Waals surface area contributed by atoms with Gasteiger partial charge in [0.15, 0.2) is 0 Å². The molecule has 0 aliphatic rings. The lowest BCUT2D eigenvalue weighted by atomic mass is 10.0. The predicted molar refractivity (Wildman–Crippen MR) is 69.0 cm³/mol. The zero-order chi connectivity index (χ0) is 13.5. The second kappa shape index (κ2) is 7.54. The zero-order valence-electron chi connectivity index (χ0n) is 11.7. The number of carbonyl (C=O) groups is 1. The Morgan fingerprint density at radius 2 is 1.76 bits per heavy atom. The Balaban J connectivity index is 4.28. The SMILES string of the molecule is CCC[C@@H](O)[C@@H](CCC)NC(=O)OC(C)(C)C. The number of alkyl carbamates (subject to hydrolysis) is 1. The van der Waals surface area contributed by atoms with E-state index in [0.29, 0.717) is 6.42 Å². The van der Waals surface area contributed by atoms with Crippen molar-refractivity contribution in [3.8, 4) is 0 Å². The van der Waals surface area contributed by atoms with Crippen LogP contribution in [0.25, 0.3) is 0 Å². The van der Waals surface area contributed by atoms with Gasteiger partial charge in [-0.2, -0.15) is 0 Å². The largest absolute Gasteiger partial charge is 0.444 e. The Labute approximate surface area is 105 Å². The first-order chi connectivity index (χ1) is 7.80. The smallest absolute Gasteiger partial charge is 0.407 e. The first-order valence-corrected chi connectivity index (χ1v) is 6.47. The molecule has 4 heteroatoms. The summed E-state index contributed by atoms with van der Waals surface area (Å²) in [5.41, 5.74) is -0.503. The van der Waals surface area contributed by atoms with Crippen LogP contribution in [0.4, 0.5) is 4.79 Å². The van der Waals surface area contributed by atoms with Crippen LogP contribution < -0.4 is 5.32 Å². The quantitative estimate of drug-likeness (QED) is 0.756. The van der Waals surface area contributed by atoms with Gasteiger partial charge in [0.05, 0.1) is 12.1 Å². The molecule has 0 bridgehead atoms. The van der Waals surface area contributed by atoms with E-state index in [4.69, 9.17) is 4.74 Å². The van der Waals surface area contributed by atoms with Crippen LogP contribution in [0.1, 0.15) is 60.3 Å². The summed E-state index contributed by atoms with van der Waals surface area (Å²) in [7, 11) is 0. The topological polar surface area (TPSA) is 58.6 Å². The molecule has 0 heterocycles. The van der Waals surface area contributed by atoms with E-state index in [1.54, 1.807) is 0 Å². The van der Waals surface area contributed by atoms with Gasteiger partial charge in [-0.1, -0.05) is 26.7 Å². The van der Waals surface area contributed by atoms with Crippen LogP contribution in [0.2, 0.25) is 0 Å². The molecule has 0 aliphatic carbocycles. The molecule has 102 valence electrons. The average molecular weight is 245 g/mol. The van der Waals surface area contributed by atoms with Gasteiger partial charge in [0, 0.05) is 0 Å². The summed E-state index contributed by atoms with van der Waals surface area (Å²) in [6.07, 6.45) is 2.33. The second-order valence-electron chi connectivity index (χ2n) is 5.40. The molecular weight excluding hydrogens is 218 g/mol. The maximum absolute atomic E-state index is 11.6. The summed E-state index contributed by atoms with van der Waals surface area (Å²) >= 11 is 0. The highest BCUT2D eigenvalue weighted by Crippen LogP contribution is 2.11. The van der Waals surface area contributed by atoms with Crippen molar-refractivity contribution in [2.24, 2.45) is 0 Å². The molecule has 0 saturated heterocycles. The van der Waals surface area contributed by atoms with E-state index in [2.05, 4.69) is 5.32 Å². The standard InChI is InChI=1S/C13H27NO3/c1-6-8-10(11(15)9-7-2)14-12(16)17-13(3,4)5/h10-11,15H,6-9H2,1-5H3,(H,14,16)/t10-,11-/m1/s1. The summed E-state index contributed by atoms with van der Waals surface area (Å²) in [4.78, 5) is 11.6. The van der Waals surface area contributed by atoms with Crippen molar-refractivity contribution < 1.29 is 14.6 Å². The highest BCUT2D eigenvalue weighted by atomic mass is 16.6. The lowest BCUT2D eigenvalue weighted by molar-refractivity contribution is 0.0404. The van der Waals surface area contributed by atoms with Gasteiger partial charge in [-0.15, -0.1) is 0 Å². The average Bonchev–Trinajstić information content (AvgIpc) is 2.14. The zero-order valence-corrected chi connectivity index (χ0v) is 11.7. The molecule has 2 atom stereocenters. The van der Waals surface area contributed by atoms with Crippen LogP contribution in [-0.4, -0.2) is 28.9 Å². The monoisotopic (exact) mass is 245 g/mol. The van der Waals surface area contributed by atoms with Gasteiger partial charge in [0.2, 0.25) is 0 Å². The molecule has 17 heavy (non-hydrogen) atoms. The minimum atomic E-state index is -0.503. The van der Waals surface area contributed by atoms with E-state index in [9.17, 15) is 9.90 Å². The van der Waals surface area contributed by atoms with Crippen LogP contribution in [0, 0.1) is 0 Å². The van der Waals surface area contributed by atoms with Gasteiger partial charge in [0.1, 0.15) is 5.60 Å². The maximum atomic E-state index is 11.6. The third-order valence-electron chi connectivity index (χ3n) is 2.35. The van der Waals surface area contributed by atoms with Gasteiger partial charge in [-0.3, -0.25) is 0 Å². The number of aliphatic hydroxyl groups excluding tert-OH is 1. The Bertz CT molecular complexity index is 223. The molecule has 0 radical (unpaired) electrons. The summed E-state index contributed by atoms with van der Waals surface area (Å²) in [6.45, 7) is 9.51. The van der Waals surface area contributed by atoms with Crippen molar-refractivity contribution in [2.75, 3.05) is 0 Å². The molecule has 0 aromatic carbocycles. The molecule has 0 unspecified atom stereocenters. The molecule has 4 nitrogen and oxygen atoms in total. The molecule has 0 rings (SSSR count). The van der Waals surface area contributed by atoms with Crippen molar-refractivity contribution in [2.45, 2.75) is 78.0 Å². The van der Waals surface area contributed by atoms with Crippen LogP contribution in [0.3, 0.4) is 0 Å². The summed E-state index contributed by atoms with van der Waals surface area (Å²) < 4.78 is 5.18. The number of hydrogen-bond acceptors (Lipinski definition) is 3. The first kappa shape index (κ1) is 16.2. The van der Waals surface area contributed by atoms with Crippen LogP contribution in [0.5, 0.6) is 0 Å². The van der Waals surface area contributed by atoms with Gasteiger partial charge in [0.25, 0.3) is 0 Å². The molecule has 0 aromatic rings. The summed E-state index contributed by atoms with van der Waals surface area (Å²) in [6, 6.07) is -0.213. The van der Waals surface area contributed by atoms with E-state index in [0.717, 1.165) is 19.3 Å². The van der Waals surface area contributed by atoms with Gasteiger partial charge >= 0.3 is 6.09 Å². The minimum Gasteiger partial charge on any atom is -0.444 e. The molecule has 0 saturated carbocycles. The van der Waals surface area contributed by atoms with Crippen LogP contribution >= 0.6 is 0 Å². The van der Waals surface area contributed by atoms with E-state index < -0.39 is 17.8 Å². The van der Waals surface area contributed by atoms with E-state index >= 15 is 0 Å². The Hall–Kier alpha value is -0.770. The number of nitrogens with one attached hydrogen (secondary N) is 1. The van der Waals surface area contributed by atoms with Crippen molar-refractivity contribution in [1.82, 2.24) is 5.32 Å². The van der Waals surface area contributed by atoms with Crippen molar-refractivity contribution >= 4 is 6.09 Å². The minimum absolute atomic E-state index is 0.213. The third-order valence-corrected chi connectivity index (χ3v) is 2.35. The van der Waals surface area contributed by atoms with Crippen LogP contribution in [-0.2, 0) is 4.74 Å². The molecule has 0 spiro atoms. The van der Waals surface area contributed by atoms with Crippen molar-refractivity contribution in [1.29, 1.82) is 0 Å². The number of aliphatic hydroxyl groups is 1. The van der Waals surface area contributed by atoms with Gasteiger partial charge < -0.3 is 15.2 Å². The molecule has 0 aromatic heterocycles. The number of hydrogen-bond donors (Lipinski definition) is 2. The van der Waals surface area contributed by atoms with E-state index in [1.165, 1.54) is 0 Å². The van der Waals surface area contributed by atoms with Gasteiger partial charge in [-0.25, -0.2) is 4.79 Å². The third kappa shape index (κ3) is 8.02. The van der Waals surface area contributed by atoms with Crippen molar-refractivity contribution in [3.05, 3.63) is 0 Å². The number of carbonyl (C=O) groups excluding carboxylic acids is 1. The fourth-order valence-electron chi connectivity index (χ4n) is 1.63. The first-order valence-electron chi connectivity index (χ1n) is 6.47. The highest BCUT2D eigenvalue weighted by molar-refractivity contribution is 5.68. The molecule has 0 aliphatic heterocycles. The van der Waals surface area contributed by atoms with Crippen LogP contribution in [0.15, 0.2) is 0 Å². The second-order valence-corrected chi connectivity index (χ2v) is 5.40. The Morgan fingerprint density at radius 1 is 1.24 bits per heavy atom. The predicted octanol–water partition coefficient (Wildman–Crippen LogP) is 2.84. The molecular formula is C13H27NO3. The fourth-order valence-corrected chi connectivity index (χ4v) is 1.63. The van der Waals surface area contributed by atoms with E-state index in [-0.39, 0.29) is 6.04 Å². The number of ether oxygens (including phenoxy) is 1. The normalized spacial score (nSPS) is 15.2. The Kier molecular flexibility index (Phi) is 7.19. The molecule has 0 fully saturated rings. The van der Waals surface area contributed by atoms with Crippen molar-refractivity contribution in [3.63, 3.8) is 0 Å². The fraction of sp³-hybridized carbons (Fsp3) is 0.923. The lowest BCUT2D eigenvalue weighted by Crippen LogP contribution is -2.45.